The first-order valence-corrected chi connectivity index (χ1v) is 8.33. The third kappa shape index (κ3) is 2.73. The summed E-state index contributed by atoms with van der Waals surface area (Å²) in [6, 6.07) is 6.92. The maximum Gasteiger partial charge on any atom is 0.282 e. The maximum absolute atomic E-state index is 12.3. The van der Waals surface area contributed by atoms with Gasteiger partial charge in [-0.1, -0.05) is 17.7 Å². The number of rotatable bonds is 2. The molecule has 0 bridgehead atoms. The van der Waals surface area contributed by atoms with Gasteiger partial charge in [0.2, 0.25) is 0 Å². The summed E-state index contributed by atoms with van der Waals surface area (Å²) >= 11 is 0. The van der Waals surface area contributed by atoms with Crippen molar-refractivity contribution in [3.8, 4) is 0 Å². The average molecular weight is 277 g/mol. The highest BCUT2D eigenvalue weighted by atomic mass is 32.2. The molecule has 0 amide bonds. The number of sulfonamides is 1. The Morgan fingerprint density at radius 1 is 1.11 bits per heavy atom. The van der Waals surface area contributed by atoms with Crippen molar-refractivity contribution in [3.05, 3.63) is 29.8 Å². The van der Waals surface area contributed by atoms with Crippen LogP contribution in [-0.4, -0.2) is 14.1 Å². The lowest BCUT2D eigenvalue weighted by molar-refractivity contribution is 0.440. The number of aryl methyl sites for hydroxylation is 1. The van der Waals surface area contributed by atoms with Crippen LogP contribution in [-0.2, 0) is 10.0 Å². The lowest BCUT2D eigenvalue weighted by Gasteiger charge is -2.22. The molecule has 0 radical (unpaired) electrons. The zero-order chi connectivity index (χ0) is 13.5. The minimum absolute atomic E-state index is 0.307. The number of hydrogen-bond acceptors (Lipinski definition) is 2. The minimum atomic E-state index is -3.51. The van der Waals surface area contributed by atoms with Crippen LogP contribution >= 0.6 is 0 Å². The van der Waals surface area contributed by atoms with Crippen molar-refractivity contribution in [2.45, 2.75) is 50.3 Å². The highest BCUT2D eigenvalue weighted by Gasteiger charge is 2.45. The van der Waals surface area contributed by atoms with Gasteiger partial charge in [-0.2, -0.15) is 12.8 Å². The fourth-order valence-corrected chi connectivity index (χ4v) is 3.97. The van der Waals surface area contributed by atoms with E-state index in [9.17, 15) is 8.42 Å². The second-order valence-electron chi connectivity index (χ2n) is 5.98. The first-order chi connectivity index (χ1) is 8.99. The maximum atomic E-state index is 12.3. The van der Waals surface area contributed by atoms with E-state index < -0.39 is 10.0 Å². The van der Waals surface area contributed by atoms with Gasteiger partial charge in [-0.3, -0.25) is 0 Å². The van der Waals surface area contributed by atoms with Gasteiger partial charge in [0.1, 0.15) is 0 Å². The summed E-state index contributed by atoms with van der Waals surface area (Å²) in [6.07, 6.45) is 6.55. The third-order valence-corrected chi connectivity index (χ3v) is 5.64. The third-order valence-electron chi connectivity index (χ3n) is 4.28. The predicted molar refractivity (Wildman–Crippen MR) is 75.9 cm³/mol. The topological polar surface area (TPSA) is 46.5 Å². The SMILES string of the molecule is Cc1ccc(S(=O)(=O)N=C2CCCC3(CC3)C2)cc1. The van der Waals surface area contributed by atoms with Gasteiger partial charge in [0.15, 0.2) is 0 Å². The largest absolute Gasteiger partial charge is 0.282 e. The van der Waals surface area contributed by atoms with Crippen molar-refractivity contribution >= 4 is 15.7 Å². The molecule has 1 aromatic rings. The molecule has 2 aliphatic carbocycles. The van der Waals surface area contributed by atoms with Crippen LogP contribution in [0.1, 0.15) is 44.1 Å². The Morgan fingerprint density at radius 2 is 1.79 bits per heavy atom. The highest BCUT2D eigenvalue weighted by molar-refractivity contribution is 7.90. The average Bonchev–Trinajstić information content (AvgIpc) is 3.08. The van der Waals surface area contributed by atoms with E-state index in [1.165, 1.54) is 19.3 Å². The fourth-order valence-electron chi connectivity index (χ4n) is 2.89. The molecule has 0 aromatic heterocycles. The molecule has 102 valence electrons. The molecule has 2 fully saturated rings. The molecule has 1 aromatic carbocycles. The molecule has 2 saturated carbocycles. The molecule has 2 aliphatic rings. The summed E-state index contributed by atoms with van der Waals surface area (Å²) in [4.78, 5) is 0.307. The van der Waals surface area contributed by atoms with Crippen LogP contribution in [0.3, 0.4) is 0 Å². The van der Waals surface area contributed by atoms with Crippen LogP contribution < -0.4 is 0 Å². The van der Waals surface area contributed by atoms with Crippen molar-refractivity contribution in [2.75, 3.05) is 0 Å². The number of nitrogens with zero attached hydrogens (tertiary/aromatic N) is 1. The van der Waals surface area contributed by atoms with E-state index in [1.54, 1.807) is 12.1 Å². The fraction of sp³-hybridized carbons (Fsp3) is 0.533. The lowest BCUT2D eigenvalue weighted by Crippen LogP contribution is -2.17. The molecular weight excluding hydrogens is 258 g/mol. The van der Waals surface area contributed by atoms with Crippen LogP contribution in [0, 0.1) is 12.3 Å². The van der Waals surface area contributed by atoms with E-state index in [2.05, 4.69) is 4.40 Å². The standard InChI is InChI=1S/C15H19NO2S/c1-12-4-6-14(7-5-12)19(17,18)16-13-3-2-8-15(11-13)9-10-15/h4-7H,2-3,8-11H2,1H3. The number of benzene rings is 1. The molecule has 0 N–H and O–H groups in total. The predicted octanol–water partition coefficient (Wildman–Crippen LogP) is 3.48. The molecule has 1 spiro atoms. The molecule has 3 nitrogen and oxygen atoms in total. The van der Waals surface area contributed by atoms with Crippen LogP contribution in [0.15, 0.2) is 33.6 Å². The van der Waals surface area contributed by atoms with E-state index in [0.717, 1.165) is 30.5 Å². The van der Waals surface area contributed by atoms with Gasteiger partial charge < -0.3 is 0 Å². The van der Waals surface area contributed by atoms with E-state index >= 15 is 0 Å². The van der Waals surface area contributed by atoms with Crippen LogP contribution in [0.25, 0.3) is 0 Å². The lowest BCUT2D eigenvalue weighted by atomic mass is 9.85. The summed E-state index contributed by atoms with van der Waals surface area (Å²) in [5.41, 5.74) is 2.35. The monoisotopic (exact) mass is 277 g/mol. The van der Waals surface area contributed by atoms with Gasteiger partial charge in [-0.25, -0.2) is 0 Å². The van der Waals surface area contributed by atoms with Gasteiger partial charge in [0.25, 0.3) is 10.0 Å². The van der Waals surface area contributed by atoms with E-state index in [-0.39, 0.29) is 0 Å². The van der Waals surface area contributed by atoms with Crippen LogP contribution in [0.5, 0.6) is 0 Å². The minimum Gasteiger partial charge on any atom is -0.199 e. The number of hydrogen-bond donors (Lipinski definition) is 0. The van der Waals surface area contributed by atoms with Crippen LogP contribution in [0.4, 0.5) is 0 Å². The van der Waals surface area contributed by atoms with Gasteiger partial charge >= 0.3 is 0 Å². The Morgan fingerprint density at radius 3 is 2.42 bits per heavy atom. The Kier molecular flexibility index (Phi) is 3.01. The van der Waals surface area contributed by atoms with E-state index in [1.807, 2.05) is 19.1 Å². The quantitative estimate of drug-likeness (QED) is 0.831. The summed E-state index contributed by atoms with van der Waals surface area (Å²) < 4.78 is 28.6. The van der Waals surface area contributed by atoms with Gasteiger partial charge in [0.05, 0.1) is 4.90 Å². The first-order valence-electron chi connectivity index (χ1n) is 6.89. The van der Waals surface area contributed by atoms with Crippen molar-refractivity contribution in [1.29, 1.82) is 0 Å². The normalized spacial score (nSPS) is 23.7. The zero-order valence-electron chi connectivity index (χ0n) is 11.2. The molecule has 0 aliphatic heterocycles. The van der Waals surface area contributed by atoms with Gasteiger partial charge in [0, 0.05) is 5.71 Å². The molecule has 19 heavy (non-hydrogen) atoms. The van der Waals surface area contributed by atoms with Crippen molar-refractivity contribution < 1.29 is 8.42 Å². The van der Waals surface area contributed by atoms with Gasteiger partial charge in [-0.15, -0.1) is 0 Å². The van der Waals surface area contributed by atoms with Crippen LogP contribution in [0.2, 0.25) is 0 Å². The van der Waals surface area contributed by atoms with Crippen molar-refractivity contribution in [2.24, 2.45) is 9.81 Å². The van der Waals surface area contributed by atoms with Crippen molar-refractivity contribution in [1.82, 2.24) is 0 Å². The Bertz CT molecular complexity index is 610. The molecule has 0 atom stereocenters. The zero-order valence-corrected chi connectivity index (χ0v) is 12.0. The summed E-state index contributed by atoms with van der Waals surface area (Å²) in [5.74, 6) is 0. The molecule has 3 rings (SSSR count). The molecule has 0 heterocycles. The summed E-state index contributed by atoms with van der Waals surface area (Å²) in [6.45, 7) is 1.94. The Labute approximate surface area is 114 Å². The Balaban J connectivity index is 1.86. The summed E-state index contributed by atoms with van der Waals surface area (Å²) in [5, 5.41) is 0. The van der Waals surface area contributed by atoms with Gasteiger partial charge in [-0.05, 0) is 63.0 Å². The summed E-state index contributed by atoms with van der Waals surface area (Å²) in [7, 11) is -3.51. The second kappa shape index (κ2) is 4.44. The smallest absolute Gasteiger partial charge is 0.199 e. The Hall–Kier alpha value is -1.16. The molecular formula is C15H19NO2S. The second-order valence-corrected chi connectivity index (χ2v) is 7.58. The molecule has 0 unspecified atom stereocenters. The first kappa shape index (κ1) is 12.9. The molecule has 4 heteroatoms. The van der Waals surface area contributed by atoms with Crippen molar-refractivity contribution in [3.63, 3.8) is 0 Å². The highest BCUT2D eigenvalue weighted by Crippen LogP contribution is 2.55. The molecule has 0 saturated heterocycles. The van der Waals surface area contributed by atoms with E-state index in [0.29, 0.717) is 10.3 Å². The van der Waals surface area contributed by atoms with E-state index in [4.69, 9.17) is 0 Å².